The lowest BCUT2D eigenvalue weighted by atomic mass is 10.1. The molecular weight excluding hydrogens is 338 g/mol. The van der Waals surface area contributed by atoms with Crippen molar-refractivity contribution in [2.45, 2.75) is 33.4 Å². The lowest BCUT2D eigenvalue weighted by Gasteiger charge is -2.20. The Morgan fingerprint density at radius 2 is 1.48 bits per heavy atom. The van der Waals surface area contributed by atoms with Crippen LogP contribution in [0, 0.1) is 0 Å². The molecule has 2 aromatic rings. The molecule has 2 aromatic carbocycles. The molecule has 0 aliphatic rings. The lowest BCUT2D eigenvalue weighted by Crippen LogP contribution is -2.31. The summed E-state index contributed by atoms with van der Waals surface area (Å²) in [6.45, 7) is 8.00. The minimum atomic E-state index is -0.159. The van der Waals surface area contributed by atoms with E-state index in [1.54, 1.807) is 12.1 Å². The van der Waals surface area contributed by atoms with E-state index in [1.165, 1.54) is 5.56 Å². The quantitative estimate of drug-likeness (QED) is 0.679. The maximum Gasteiger partial charge on any atom is 0.251 e. The van der Waals surface area contributed by atoms with E-state index in [-0.39, 0.29) is 18.2 Å². The standard InChI is InChI=1S/C22H29N3O2/c1-3-25(4-2)17-20-13-9-8-12-19(20)16-24-21(26)14-15-23-22(27)18-10-6-5-7-11-18/h5-13H,3-4,14-17H2,1-2H3,(H,23,27)(H,24,26). The van der Waals surface area contributed by atoms with Gasteiger partial charge in [-0.3, -0.25) is 14.5 Å². The summed E-state index contributed by atoms with van der Waals surface area (Å²) >= 11 is 0. The van der Waals surface area contributed by atoms with Gasteiger partial charge in [-0.05, 0) is 36.3 Å². The van der Waals surface area contributed by atoms with E-state index in [0.717, 1.165) is 25.2 Å². The molecule has 2 N–H and O–H groups in total. The van der Waals surface area contributed by atoms with Gasteiger partial charge in [-0.1, -0.05) is 56.3 Å². The molecule has 2 amide bonds. The van der Waals surface area contributed by atoms with Gasteiger partial charge in [0.05, 0.1) is 0 Å². The summed E-state index contributed by atoms with van der Waals surface area (Å²) in [4.78, 5) is 26.4. The van der Waals surface area contributed by atoms with Gasteiger partial charge in [0.15, 0.2) is 0 Å². The Bertz CT molecular complexity index is 727. The topological polar surface area (TPSA) is 61.4 Å². The molecule has 2 rings (SSSR count). The SMILES string of the molecule is CCN(CC)Cc1ccccc1CNC(=O)CCNC(=O)c1ccccc1. The zero-order chi connectivity index (χ0) is 19.5. The Morgan fingerprint density at radius 1 is 0.852 bits per heavy atom. The normalized spacial score (nSPS) is 10.6. The molecule has 0 spiro atoms. The van der Waals surface area contributed by atoms with Crippen LogP contribution in [0.3, 0.4) is 0 Å². The largest absolute Gasteiger partial charge is 0.352 e. The van der Waals surface area contributed by atoms with Gasteiger partial charge >= 0.3 is 0 Å². The van der Waals surface area contributed by atoms with Gasteiger partial charge in [-0.25, -0.2) is 0 Å². The first-order valence-corrected chi connectivity index (χ1v) is 9.53. The molecule has 0 unspecified atom stereocenters. The van der Waals surface area contributed by atoms with Crippen LogP contribution in [0.4, 0.5) is 0 Å². The third kappa shape index (κ3) is 6.87. The fourth-order valence-corrected chi connectivity index (χ4v) is 2.84. The van der Waals surface area contributed by atoms with Crippen LogP contribution in [0.5, 0.6) is 0 Å². The molecule has 0 saturated carbocycles. The Balaban J connectivity index is 1.78. The predicted molar refractivity (Wildman–Crippen MR) is 108 cm³/mol. The van der Waals surface area contributed by atoms with Crippen molar-refractivity contribution >= 4 is 11.8 Å². The maximum atomic E-state index is 12.1. The molecule has 0 atom stereocenters. The molecule has 0 fully saturated rings. The lowest BCUT2D eigenvalue weighted by molar-refractivity contribution is -0.121. The summed E-state index contributed by atoms with van der Waals surface area (Å²) in [6.07, 6.45) is 0.261. The molecule has 0 aliphatic carbocycles. The number of rotatable bonds is 10. The Morgan fingerprint density at radius 3 is 2.15 bits per heavy atom. The van der Waals surface area contributed by atoms with Crippen LogP contribution in [0.1, 0.15) is 41.8 Å². The van der Waals surface area contributed by atoms with Gasteiger partial charge < -0.3 is 10.6 Å². The molecule has 0 bridgehead atoms. The van der Waals surface area contributed by atoms with E-state index >= 15 is 0 Å². The zero-order valence-corrected chi connectivity index (χ0v) is 16.2. The van der Waals surface area contributed by atoms with Crippen molar-refractivity contribution in [3.8, 4) is 0 Å². The van der Waals surface area contributed by atoms with Gasteiger partial charge in [0.25, 0.3) is 5.91 Å². The summed E-state index contributed by atoms with van der Waals surface area (Å²) in [6, 6.07) is 17.2. The first-order chi connectivity index (χ1) is 13.1. The van der Waals surface area contributed by atoms with E-state index in [9.17, 15) is 9.59 Å². The fraction of sp³-hybridized carbons (Fsp3) is 0.364. The fourth-order valence-electron chi connectivity index (χ4n) is 2.84. The molecule has 0 heterocycles. The predicted octanol–water partition coefficient (Wildman–Crippen LogP) is 2.96. The summed E-state index contributed by atoms with van der Waals surface area (Å²) in [5.74, 6) is -0.228. The van der Waals surface area contributed by atoms with Crippen LogP contribution in [-0.4, -0.2) is 36.3 Å². The van der Waals surface area contributed by atoms with Crippen LogP contribution in [0.15, 0.2) is 54.6 Å². The second-order valence-corrected chi connectivity index (χ2v) is 6.38. The second kappa shape index (κ2) is 11.1. The number of amides is 2. The van der Waals surface area contributed by atoms with Crippen molar-refractivity contribution in [3.05, 3.63) is 71.3 Å². The van der Waals surface area contributed by atoms with Crippen LogP contribution >= 0.6 is 0 Å². The monoisotopic (exact) mass is 367 g/mol. The van der Waals surface area contributed by atoms with Crippen molar-refractivity contribution in [1.82, 2.24) is 15.5 Å². The first kappa shape index (κ1) is 20.6. The molecule has 0 aliphatic heterocycles. The van der Waals surface area contributed by atoms with Gasteiger partial charge in [-0.15, -0.1) is 0 Å². The number of nitrogens with zero attached hydrogens (tertiary/aromatic N) is 1. The molecule has 5 heteroatoms. The number of hydrogen-bond acceptors (Lipinski definition) is 3. The highest BCUT2D eigenvalue weighted by molar-refractivity contribution is 5.94. The van der Waals surface area contributed by atoms with Crippen LogP contribution in [0.25, 0.3) is 0 Å². The van der Waals surface area contributed by atoms with E-state index in [1.807, 2.05) is 30.3 Å². The van der Waals surface area contributed by atoms with Crippen molar-refractivity contribution < 1.29 is 9.59 Å². The summed E-state index contributed by atoms with van der Waals surface area (Å²) in [5.41, 5.74) is 2.97. The van der Waals surface area contributed by atoms with Crippen molar-refractivity contribution in [1.29, 1.82) is 0 Å². The Labute approximate surface area is 161 Å². The molecule has 0 saturated heterocycles. The van der Waals surface area contributed by atoms with E-state index in [0.29, 0.717) is 18.7 Å². The van der Waals surface area contributed by atoms with Gasteiger partial charge in [0, 0.05) is 31.6 Å². The van der Waals surface area contributed by atoms with E-state index in [4.69, 9.17) is 0 Å². The summed E-state index contributed by atoms with van der Waals surface area (Å²) in [5, 5.41) is 5.73. The minimum absolute atomic E-state index is 0.0685. The maximum absolute atomic E-state index is 12.1. The van der Waals surface area contributed by atoms with Crippen molar-refractivity contribution in [3.63, 3.8) is 0 Å². The van der Waals surface area contributed by atoms with Crippen molar-refractivity contribution in [2.24, 2.45) is 0 Å². The molecule has 5 nitrogen and oxygen atoms in total. The first-order valence-electron chi connectivity index (χ1n) is 9.53. The third-order valence-corrected chi connectivity index (χ3v) is 4.56. The number of benzene rings is 2. The number of hydrogen-bond donors (Lipinski definition) is 2. The van der Waals surface area contributed by atoms with Gasteiger partial charge in [-0.2, -0.15) is 0 Å². The molecule has 0 radical (unpaired) electrons. The summed E-state index contributed by atoms with van der Waals surface area (Å²) < 4.78 is 0. The Kier molecular flexibility index (Phi) is 8.52. The van der Waals surface area contributed by atoms with Crippen LogP contribution in [0.2, 0.25) is 0 Å². The second-order valence-electron chi connectivity index (χ2n) is 6.38. The van der Waals surface area contributed by atoms with Crippen LogP contribution in [-0.2, 0) is 17.9 Å². The third-order valence-electron chi connectivity index (χ3n) is 4.56. The summed E-state index contributed by atoms with van der Waals surface area (Å²) in [7, 11) is 0. The molecule has 144 valence electrons. The van der Waals surface area contributed by atoms with Gasteiger partial charge in [0.1, 0.15) is 0 Å². The molecule has 0 aromatic heterocycles. The van der Waals surface area contributed by atoms with Crippen LogP contribution < -0.4 is 10.6 Å². The Hall–Kier alpha value is -2.66. The molecular formula is C22H29N3O2. The minimum Gasteiger partial charge on any atom is -0.352 e. The highest BCUT2D eigenvalue weighted by Gasteiger charge is 2.09. The molecule has 27 heavy (non-hydrogen) atoms. The smallest absolute Gasteiger partial charge is 0.251 e. The van der Waals surface area contributed by atoms with E-state index < -0.39 is 0 Å². The number of nitrogens with one attached hydrogen (secondary N) is 2. The average Bonchev–Trinajstić information content (AvgIpc) is 2.71. The highest BCUT2D eigenvalue weighted by atomic mass is 16.2. The van der Waals surface area contributed by atoms with Gasteiger partial charge in [0.2, 0.25) is 5.91 Å². The number of carbonyl (C=O) groups is 2. The van der Waals surface area contributed by atoms with E-state index in [2.05, 4.69) is 41.5 Å². The zero-order valence-electron chi connectivity index (χ0n) is 16.2. The van der Waals surface area contributed by atoms with Crippen molar-refractivity contribution in [2.75, 3.05) is 19.6 Å². The highest BCUT2D eigenvalue weighted by Crippen LogP contribution is 2.11. The average molecular weight is 367 g/mol. The number of carbonyl (C=O) groups excluding carboxylic acids is 2.